The topological polar surface area (TPSA) is 168 Å². The van der Waals surface area contributed by atoms with Gasteiger partial charge in [0.1, 0.15) is 17.8 Å². The van der Waals surface area contributed by atoms with Gasteiger partial charge in [0, 0.05) is 6.04 Å². The number of carbonyl (C=O) groups excluding carboxylic acids is 3. The molecule has 0 bridgehead atoms. The van der Waals surface area contributed by atoms with Crippen molar-refractivity contribution in [3.05, 3.63) is 0 Å². The van der Waals surface area contributed by atoms with Gasteiger partial charge in [-0.3, -0.25) is 14.4 Å². The van der Waals surface area contributed by atoms with Crippen molar-refractivity contribution in [1.82, 2.24) is 16.0 Å². The van der Waals surface area contributed by atoms with Gasteiger partial charge in [-0.1, -0.05) is 54.4 Å². The number of amides is 3. The van der Waals surface area contributed by atoms with Crippen molar-refractivity contribution in [3.63, 3.8) is 0 Å². The minimum atomic E-state index is -4.87. The molecule has 12 heteroatoms. The Hall–Kier alpha value is -1.79. The number of nitrogens with two attached hydrogens (primary N) is 1. The van der Waals surface area contributed by atoms with Gasteiger partial charge in [0.05, 0.1) is 12.1 Å². The third kappa shape index (κ3) is 11.6. The maximum absolute atomic E-state index is 13.3. The van der Waals surface area contributed by atoms with E-state index in [1.54, 1.807) is 20.8 Å². The summed E-state index contributed by atoms with van der Waals surface area (Å²) in [6, 6.07) is -4.32. The van der Waals surface area contributed by atoms with Crippen LogP contribution in [0, 0.1) is 17.8 Å². The first-order valence-corrected chi connectivity index (χ1v) is 13.4. The SMILES string of the molecule is CC[C@H](C)[C@H](N)C(=O)N[C@H](C(=O)N[C@H](C(=O)N[C@@H](CC(C)C)CS(=O)(=O)F)[C@@H](C)O)[C@@H](C)CC. The van der Waals surface area contributed by atoms with Crippen LogP contribution in [-0.4, -0.2) is 67.3 Å². The van der Waals surface area contributed by atoms with E-state index in [9.17, 15) is 31.8 Å². The predicted molar refractivity (Wildman–Crippen MR) is 129 cm³/mol. The fraction of sp³-hybridized carbons (Fsp3) is 0.864. The number of aliphatic hydroxyl groups is 1. The van der Waals surface area contributed by atoms with Crippen LogP contribution in [0.3, 0.4) is 0 Å². The number of hydrogen-bond acceptors (Lipinski definition) is 7. The Bertz CT molecular complexity index is 777. The standard InChI is InChI=1S/C22H43FN4O6S/c1-8-13(5)17(24)20(29)26-18(14(6)9-2)21(30)27-19(15(7)28)22(31)25-16(10-12(3)4)11-34(23,32)33/h12-19,28H,8-11,24H2,1-7H3,(H,25,31)(H,26,29)(H,27,30)/t13-,14-,15+,16-,17-,18-,19-/m0/s1. The molecular weight excluding hydrogens is 467 g/mol. The van der Waals surface area contributed by atoms with Crippen molar-refractivity contribution >= 4 is 27.9 Å². The Morgan fingerprint density at radius 2 is 1.32 bits per heavy atom. The maximum Gasteiger partial charge on any atom is 0.304 e. The number of nitrogens with one attached hydrogen (secondary N) is 3. The summed E-state index contributed by atoms with van der Waals surface area (Å²) in [6.07, 6.45) is 0.0358. The lowest BCUT2D eigenvalue weighted by molar-refractivity contribution is -0.135. The average molecular weight is 511 g/mol. The van der Waals surface area contributed by atoms with Crippen molar-refractivity contribution in [3.8, 4) is 0 Å². The zero-order valence-electron chi connectivity index (χ0n) is 21.3. The monoisotopic (exact) mass is 510 g/mol. The molecule has 0 aromatic carbocycles. The quantitative estimate of drug-likeness (QED) is 0.201. The third-order valence-electron chi connectivity index (χ3n) is 5.92. The molecule has 10 nitrogen and oxygen atoms in total. The molecule has 0 heterocycles. The van der Waals surface area contributed by atoms with Crippen LogP contribution in [0.25, 0.3) is 0 Å². The molecular formula is C22H43FN4O6S. The lowest BCUT2D eigenvalue weighted by atomic mass is 9.95. The van der Waals surface area contributed by atoms with E-state index in [2.05, 4.69) is 16.0 Å². The third-order valence-corrected chi connectivity index (χ3v) is 6.72. The van der Waals surface area contributed by atoms with E-state index in [1.807, 2.05) is 20.8 Å². The highest BCUT2D eigenvalue weighted by Gasteiger charge is 2.34. The summed E-state index contributed by atoms with van der Waals surface area (Å²) >= 11 is 0. The van der Waals surface area contributed by atoms with E-state index in [4.69, 9.17) is 5.73 Å². The van der Waals surface area contributed by atoms with Crippen LogP contribution in [-0.2, 0) is 24.6 Å². The summed E-state index contributed by atoms with van der Waals surface area (Å²) in [5, 5.41) is 17.6. The van der Waals surface area contributed by atoms with Gasteiger partial charge in [0.25, 0.3) is 0 Å². The lowest BCUT2D eigenvalue weighted by Crippen LogP contribution is -2.61. The zero-order chi connectivity index (χ0) is 26.8. The molecule has 0 aromatic heterocycles. The van der Waals surface area contributed by atoms with Crippen molar-refractivity contribution in [2.24, 2.45) is 23.5 Å². The van der Waals surface area contributed by atoms with Gasteiger partial charge in [0.2, 0.25) is 17.7 Å². The molecule has 200 valence electrons. The van der Waals surface area contributed by atoms with Crippen LogP contribution in [0.2, 0.25) is 0 Å². The Balaban J connectivity index is 5.62. The molecule has 0 radical (unpaired) electrons. The predicted octanol–water partition coefficient (Wildman–Crippen LogP) is 0.587. The molecule has 0 aliphatic rings. The Morgan fingerprint density at radius 3 is 1.74 bits per heavy atom. The lowest BCUT2D eigenvalue weighted by Gasteiger charge is -2.30. The van der Waals surface area contributed by atoms with Crippen LogP contribution < -0.4 is 21.7 Å². The van der Waals surface area contributed by atoms with Crippen molar-refractivity contribution in [2.45, 2.75) is 98.0 Å². The molecule has 6 N–H and O–H groups in total. The summed E-state index contributed by atoms with van der Waals surface area (Å²) in [6.45, 7) is 12.1. The molecule has 3 amide bonds. The molecule has 0 aromatic rings. The minimum absolute atomic E-state index is 0.0497. The highest BCUT2D eigenvalue weighted by atomic mass is 32.3. The molecule has 0 saturated carbocycles. The van der Waals surface area contributed by atoms with E-state index in [1.165, 1.54) is 6.92 Å². The van der Waals surface area contributed by atoms with Crippen LogP contribution in [0.1, 0.15) is 67.7 Å². The molecule has 0 rings (SSSR count). The first-order chi connectivity index (χ1) is 15.5. The van der Waals surface area contributed by atoms with Gasteiger partial charge >= 0.3 is 10.2 Å². The van der Waals surface area contributed by atoms with E-state index in [0.29, 0.717) is 12.8 Å². The minimum Gasteiger partial charge on any atom is -0.391 e. The second kappa shape index (κ2) is 14.6. The second-order valence-electron chi connectivity index (χ2n) is 9.55. The Kier molecular flexibility index (Phi) is 13.8. The van der Waals surface area contributed by atoms with Crippen LogP contribution in [0.4, 0.5) is 3.89 Å². The zero-order valence-corrected chi connectivity index (χ0v) is 22.1. The van der Waals surface area contributed by atoms with E-state index < -0.39 is 64.0 Å². The molecule has 0 fully saturated rings. The first kappa shape index (κ1) is 32.2. The number of rotatable bonds is 15. The highest BCUT2D eigenvalue weighted by Crippen LogP contribution is 2.13. The fourth-order valence-electron chi connectivity index (χ4n) is 3.38. The number of halogens is 1. The molecule has 0 unspecified atom stereocenters. The number of aliphatic hydroxyl groups excluding tert-OH is 1. The van der Waals surface area contributed by atoms with Gasteiger partial charge in [-0.2, -0.15) is 8.42 Å². The van der Waals surface area contributed by atoms with Crippen molar-refractivity contribution in [1.29, 1.82) is 0 Å². The van der Waals surface area contributed by atoms with Crippen molar-refractivity contribution < 1.29 is 31.8 Å². The summed E-state index contributed by atoms with van der Waals surface area (Å²) < 4.78 is 35.5. The number of carbonyl (C=O) groups is 3. The molecule has 34 heavy (non-hydrogen) atoms. The van der Waals surface area contributed by atoms with E-state index >= 15 is 0 Å². The van der Waals surface area contributed by atoms with Crippen LogP contribution >= 0.6 is 0 Å². The van der Waals surface area contributed by atoms with Gasteiger partial charge in [0.15, 0.2) is 0 Å². The first-order valence-electron chi connectivity index (χ1n) is 11.8. The van der Waals surface area contributed by atoms with Gasteiger partial charge in [-0.05, 0) is 31.1 Å². The second-order valence-corrected chi connectivity index (χ2v) is 11.0. The fourth-order valence-corrected chi connectivity index (χ4v) is 4.08. The van der Waals surface area contributed by atoms with E-state index in [0.717, 1.165) is 0 Å². The largest absolute Gasteiger partial charge is 0.391 e. The Labute approximate surface area is 203 Å². The molecule has 0 aliphatic carbocycles. The normalized spacial score (nSPS) is 18.2. The highest BCUT2D eigenvalue weighted by molar-refractivity contribution is 7.86. The average Bonchev–Trinajstić information content (AvgIpc) is 2.71. The van der Waals surface area contributed by atoms with Crippen LogP contribution in [0.15, 0.2) is 0 Å². The smallest absolute Gasteiger partial charge is 0.304 e. The van der Waals surface area contributed by atoms with Gasteiger partial charge in [-0.25, -0.2) is 0 Å². The Morgan fingerprint density at radius 1 is 0.853 bits per heavy atom. The molecule has 0 aliphatic heterocycles. The summed E-state index contributed by atoms with van der Waals surface area (Å²) in [4.78, 5) is 38.4. The molecule has 0 spiro atoms. The maximum atomic E-state index is 13.3. The summed E-state index contributed by atoms with van der Waals surface area (Å²) in [7, 11) is -4.87. The molecule has 0 saturated heterocycles. The number of hydrogen-bond donors (Lipinski definition) is 5. The van der Waals surface area contributed by atoms with E-state index in [-0.39, 0.29) is 24.2 Å². The van der Waals surface area contributed by atoms with Crippen LogP contribution in [0.5, 0.6) is 0 Å². The summed E-state index contributed by atoms with van der Waals surface area (Å²) in [5.41, 5.74) is 5.98. The van der Waals surface area contributed by atoms with Gasteiger partial charge < -0.3 is 26.8 Å². The van der Waals surface area contributed by atoms with Crippen molar-refractivity contribution in [2.75, 3.05) is 5.75 Å². The molecule has 7 atom stereocenters. The summed E-state index contributed by atoms with van der Waals surface area (Å²) in [5.74, 6) is -3.44. The van der Waals surface area contributed by atoms with Gasteiger partial charge in [-0.15, -0.1) is 3.89 Å².